The first-order valence-corrected chi connectivity index (χ1v) is 9.93. The van der Waals surface area contributed by atoms with E-state index in [0.717, 1.165) is 53.9 Å². The fourth-order valence-corrected chi connectivity index (χ4v) is 4.19. The van der Waals surface area contributed by atoms with Gasteiger partial charge in [-0.1, -0.05) is 0 Å². The lowest BCUT2D eigenvalue weighted by molar-refractivity contribution is 0.197. The van der Waals surface area contributed by atoms with Gasteiger partial charge in [0.25, 0.3) is 5.88 Å². The van der Waals surface area contributed by atoms with Crippen LogP contribution in [-0.2, 0) is 6.54 Å². The van der Waals surface area contributed by atoms with E-state index in [1.54, 1.807) is 0 Å². The summed E-state index contributed by atoms with van der Waals surface area (Å²) in [5, 5.41) is 13.6. The summed E-state index contributed by atoms with van der Waals surface area (Å²) in [5.41, 5.74) is 3.49. The van der Waals surface area contributed by atoms with Gasteiger partial charge in [-0.3, -0.25) is 4.68 Å². The Balaban J connectivity index is 1.54. The molecule has 5 rings (SSSR count). The van der Waals surface area contributed by atoms with Gasteiger partial charge in [-0.05, 0) is 39.5 Å². The second-order valence-electron chi connectivity index (χ2n) is 7.68. The zero-order chi connectivity index (χ0) is 19.3. The molecule has 1 aliphatic carbocycles. The number of anilines is 2. The highest BCUT2D eigenvalue weighted by molar-refractivity contribution is 5.79. The molecule has 1 saturated carbocycles. The van der Waals surface area contributed by atoms with Crippen LogP contribution in [0.5, 0.6) is 5.88 Å². The van der Waals surface area contributed by atoms with Crippen molar-refractivity contribution < 1.29 is 9.13 Å². The molecule has 9 heteroatoms. The van der Waals surface area contributed by atoms with Gasteiger partial charge in [0, 0.05) is 19.2 Å². The van der Waals surface area contributed by atoms with Crippen LogP contribution in [0.25, 0.3) is 11.0 Å². The molecule has 2 bridgehead atoms. The minimum atomic E-state index is -0.688. The monoisotopic (exact) mass is 385 g/mol. The lowest BCUT2D eigenvalue weighted by Crippen LogP contribution is -2.20. The lowest BCUT2D eigenvalue weighted by Gasteiger charge is -2.25. The Morgan fingerprint density at radius 3 is 2.82 bits per heavy atom. The molecule has 1 N–H and O–H groups in total. The van der Waals surface area contributed by atoms with E-state index in [9.17, 15) is 4.39 Å². The highest BCUT2D eigenvalue weighted by atomic mass is 19.1. The molecule has 3 aromatic rings. The molecule has 0 amide bonds. The van der Waals surface area contributed by atoms with Gasteiger partial charge >= 0.3 is 0 Å². The fourth-order valence-electron chi connectivity index (χ4n) is 4.19. The van der Waals surface area contributed by atoms with E-state index in [-0.39, 0.29) is 6.04 Å². The summed E-state index contributed by atoms with van der Waals surface area (Å²) in [6, 6.07) is 0.199. The van der Waals surface area contributed by atoms with Crippen LogP contribution in [0.2, 0.25) is 0 Å². The van der Waals surface area contributed by atoms with Crippen LogP contribution in [-0.4, -0.2) is 42.3 Å². The van der Waals surface area contributed by atoms with Gasteiger partial charge in [0.2, 0.25) is 5.95 Å². The van der Waals surface area contributed by atoms with Gasteiger partial charge in [0.05, 0.1) is 29.4 Å². The predicted molar refractivity (Wildman–Crippen MR) is 103 cm³/mol. The molecule has 0 spiro atoms. The van der Waals surface area contributed by atoms with Gasteiger partial charge in [0.15, 0.2) is 5.65 Å². The van der Waals surface area contributed by atoms with Crippen LogP contribution in [0.4, 0.5) is 16.0 Å². The summed E-state index contributed by atoms with van der Waals surface area (Å²) in [7, 11) is 0. The molecular formula is C19H24FN7O. The highest BCUT2D eigenvalue weighted by Crippen LogP contribution is 2.37. The number of hydrogen-bond donors (Lipinski definition) is 1. The number of aryl methyl sites for hydroxylation is 2. The lowest BCUT2D eigenvalue weighted by atomic mass is 9.94. The third-order valence-corrected chi connectivity index (χ3v) is 5.75. The Morgan fingerprint density at radius 1 is 1.18 bits per heavy atom. The van der Waals surface area contributed by atoms with Gasteiger partial charge in [-0.15, -0.1) is 5.10 Å². The smallest absolute Gasteiger partial charge is 0.257 e. The second-order valence-corrected chi connectivity index (χ2v) is 7.68. The fraction of sp³-hybridized carbons (Fsp3) is 0.579. The average molecular weight is 385 g/mol. The van der Waals surface area contributed by atoms with E-state index in [2.05, 4.69) is 20.4 Å². The summed E-state index contributed by atoms with van der Waals surface area (Å²) in [6.07, 6.45) is 4.69. The molecule has 0 saturated heterocycles. The number of nitrogens with one attached hydrogen (secondary N) is 1. The number of ether oxygens (including phenoxy) is 1. The number of alkyl halides is 1. The van der Waals surface area contributed by atoms with E-state index in [0.29, 0.717) is 31.3 Å². The van der Waals surface area contributed by atoms with Crippen LogP contribution in [0.1, 0.15) is 49.5 Å². The van der Waals surface area contributed by atoms with Crippen molar-refractivity contribution in [2.24, 2.45) is 0 Å². The summed E-state index contributed by atoms with van der Waals surface area (Å²) in [6.45, 7) is 5.23. The van der Waals surface area contributed by atoms with Crippen molar-refractivity contribution in [2.45, 2.75) is 64.7 Å². The van der Waals surface area contributed by atoms with Gasteiger partial charge < -0.3 is 10.1 Å². The van der Waals surface area contributed by atoms with Gasteiger partial charge in [-0.25, -0.2) is 14.1 Å². The number of fused-ring (bicyclic) bond motifs is 2. The first-order valence-electron chi connectivity index (χ1n) is 9.93. The Hall–Kier alpha value is -2.71. The van der Waals surface area contributed by atoms with E-state index >= 15 is 0 Å². The summed E-state index contributed by atoms with van der Waals surface area (Å²) in [4.78, 5) is 9.15. The molecule has 8 nitrogen and oxygen atoms in total. The second kappa shape index (κ2) is 6.72. The van der Waals surface area contributed by atoms with Crippen LogP contribution < -0.4 is 10.1 Å². The first-order chi connectivity index (χ1) is 13.6. The van der Waals surface area contributed by atoms with Crippen LogP contribution in [0, 0.1) is 13.8 Å². The average Bonchev–Trinajstić information content (AvgIpc) is 3.16. The molecule has 148 valence electrons. The van der Waals surface area contributed by atoms with Crippen LogP contribution in [0.3, 0.4) is 0 Å². The van der Waals surface area contributed by atoms with Crippen molar-refractivity contribution >= 4 is 22.7 Å². The Bertz CT molecular complexity index is 1020. The quantitative estimate of drug-likeness (QED) is 0.689. The molecule has 28 heavy (non-hydrogen) atoms. The maximum Gasteiger partial charge on any atom is 0.257 e. The number of aromatic nitrogens is 6. The molecule has 0 aromatic carbocycles. The minimum Gasteiger partial charge on any atom is -0.475 e. The summed E-state index contributed by atoms with van der Waals surface area (Å²) >= 11 is 0. The van der Waals surface area contributed by atoms with E-state index in [1.165, 1.54) is 0 Å². The molecular weight excluding hydrogens is 361 g/mol. The van der Waals surface area contributed by atoms with Crippen molar-refractivity contribution in [3.8, 4) is 5.88 Å². The Kier molecular flexibility index (Phi) is 4.17. The number of halogens is 1. The van der Waals surface area contributed by atoms with E-state index < -0.39 is 6.17 Å². The predicted octanol–water partition coefficient (Wildman–Crippen LogP) is 3.62. The summed E-state index contributed by atoms with van der Waals surface area (Å²) < 4.78 is 23.5. The highest BCUT2D eigenvalue weighted by Gasteiger charge is 2.27. The molecule has 2 aliphatic rings. The number of rotatable bonds is 1. The van der Waals surface area contributed by atoms with Crippen molar-refractivity contribution in [1.29, 1.82) is 0 Å². The zero-order valence-corrected chi connectivity index (χ0v) is 16.2. The van der Waals surface area contributed by atoms with Crippen molar-refractivity contribution in [3.05, 3.63) is 17.6 Å². The standard InChI is InChI=1S/C19H24FN7O/c1-11-15-10-21-19-22-16-12(2)27(14-6-4-13(20)5-7-14)25-18(16)28-9-3-8-26(24-11)17(15)23-19/h10,13-14H,3-9H2,1-2H3,(H,21,22,23). The van der Waals surface area contributed by atoms with Crippen molar-refractivity contribution in [3.63, 3.8) is 0 Å². The molecule has 1 aliphatic heterocycles. The molecule has 0 radical (unpaired) electrons. The number of nitrogens with zero attached hydrogens (tertiary/aromatic N) is 6. The molecule has 0 atom stereocenters. The minimum absolute atomic E-state index is 0.199. The van der Waals surface area contributed by atoms with Gasteiger partial charge in [-0.2, -0.15) is 10.1 Å². The van der Waals surface area contributed by atoms with Crippen molar-refractivity contribution in [2.75, 3.05) is 11.9 Å². The molecule has 4 heterocycles. The topological polar surface area (TPSA) is 82.7 Å². The SMILES string of the molecule is Cc1nn2c3nc(ncc13)Nc1c(nn(C3CCC(F)CC3)c1C)OCCC2. The zero-order valence-electron chi connectivity index (χ0n) is 16.2. The number of hydrogen-bond acceptors (Lipinski definition) is 6. The first kappa shape index (κ1) is 17.4. The van der Waals surface area contributed by atoms with E-state index in [4.69, 9.17) is 9.84 Å². The van der Waals surface area contributed by atoms with Crippen LogP contribution >= 0.6 is 0 Å². The Labute approximate surface area is 162 Å². The van der Waals surface area contributed by atoms with Gasteiger partial charge in [0.1, 0.15) is 11.9 Å². The maximum atomic E-state index is 13.6. The third-order valence-electron chi connectivity index (χ3n) is 5.75. The van der Waals surface area contributed by atoms with Crippen molar-refractivity contribution in [1.82, 2.24) is 29.5 Å². The largest absolute Gasteiger partial charge is 0.475 e. The van der Waals surface area contributed by atoms with E-state index in [1.807, 2.05) is 29.4 Å². The van der Waals surface area contributed by atoms with Crippen LogP contribution in [0.15, 0.2) is 6.20 Å². The summed E-state index contributed by atoms with van der Waals surface area (Å²) in [5.74, 6) is 1.05. The maximum absolute atomic E-state index is 13.6. The third kappa shape index (κ3) is 2.89. The molecule has 1 fully saturated rings. The molecule has 0 unspecified atom stereocenters. The normalized spacial score (nSPS) is 22.4. The molecule has 3 aromatic heterocycles. The Morgan fingerprint density at radius 2 is 2.00 bits per heavy atom.